The first-order valence-electron chi connectivity index (χ1n) is 10.7. The molecule has 1 atom stereocenters. The van der Waals surface area contributed by atoms with Gasteiger partial charge in [0.15, 0.2) is 6.10 Å². The first kappa shape index (κ1) is 22.6. The van der Waals surface area contributed by atoms with Gasteiger partial charge >= 0.3 is 5.97 Å². The van der Waals surface area contributed by atoms with E-state index in [9.17, 15) is 9.59 Å². The lowest BCUT2D eigenvalue weighted by molar-refractivity contribution is -0.122. The molecule has 2 aromatic rings. The average Bonchev–Trinajstić information content (AvgIpc) is 2.80. The second kappa shape index (κ2) is 11.4. The molecule has 1 fully saturated rings. The van der Waals surface area contributed by atoms with Gasteiger partial charge in [0.05, 0.1) is 25.4 Å². The van der Waals surface area contributed by atoms with Crippen molar-refractivity contribution in [2.24, 2.45) is 0 Å². The van der Waals surface area contributed by atoms with E-state index in [0.717, 1.165) is 44.8 Å². The molecule has 0 saturated carbocycles. The lowest BCUT2D eigenvalue weighted by atomic mass is 10.2. The molecule has 3 rings (SSSR count). The molecule has 0 radical (unpaired) electrons. The van der Waals surface area contributed by atoms with Crippen LogP contribution >= 0.6 is 0 Å². The number of carbonyl (C=O) groups excluding carboxylic acids is 2. The predicted octanol–water partition coefficient (Wildman–Crippen LogP) is 3.89. The van der Waals surface area contributed by atoms with Crippen molar-refractivity contribution in [3.63, 3.8) is 0 Å². The number of nitrogens with one attached hydrogen (secondary N) is 1. The van der Waals surface area contributed by atoms with Gasteiger partial charge in [0.25, 0.3) is 5.91 Å². The van der Waals surface area contributed by atoms with Crippen LogP contribution in [0.5, 0.6) is 5.75 Å². The van der Waals surface area contributed by atoms with E-state index in [4.69, 9.17) is 14.2 Å². The molecular formula is C24H30N2O5. The number of rotatable bonds is 9. The van der Waals surface area contributed by atoms with Gasteiger partial charge in [-0.2, -0.15) is 0 Å². The van der Waals surface area contributed by atoms with Gasteiger partial charge in [-0.05, 0) is 61.9 Å². The molecule has 0 unspecified atom stereocenters. The van der Waals surface area contributed by atoms with Crippen LogP contribution < -0.4 is 15.0 Å². The summed E-state index contributed by atoms with van der Waals surface area (Å²) in [5.74, 6) is -0.0936. The van der Waals surface area contributed by atoms with Gasteiger partial charge in [-0.15, -0.1) is 0 Å². The van der Waals surface area contributed by atoms with Crippen molar-refractivity contribution >= 4 is 23.3 Å². The minimum absolute atomic E-state index is 0.248. The lowest BCUT2D eigenvalue weighted by Gasteiger charge is -2.29. The SMILES string of the molecule is CCCCOC(=O)c1ccc(O[C@@H](C)C(=O)Nc2ccc(N3CCOCC3)cc2)cc1. The maximum absolute atomic E-state index is 12.5. The molecule has 1 heterocycles. The van der Waals surface area contributed by atoms with E-state index in [0.29, 0.717) is 23.6 Å². The van der Waals surface area contributed by atoms with Crippen LogP contribution in [0.3, 0.4) is 0 Å². The van der Waals surface area contributed by atoms with Gasteiger partial charge < -0.3 is 24.4 Å². The topological polar surface area (TPSA) is 77.1 Å². The monoisotopic (exact) mass is 426 g/mol. The zero-order valence-electron chi connectivity index (χ0n) is 18.1. The number of nitrogens with zero attached hydrogens (tertiary/aromatic N) is 1. The molecule has 7 nitrogen and oxygen atoms in total. The van der Waals surface area contributed by atoms with Crippen LogP contribution in [0.15, 0.2) is 48.5 Å². The Morgan fingerprint density at radius 2 is 1.74 bits per heavy atom. The van der Waals surface area contributed by atoms with Crippen LogP contribution in [0, 0.1) is 0 Å². The predicted molar refractivity (Wildman–Crippen MR) is 120 cm³/mol. The summed E-state index contributed by atoms with van der Waals surface area (Å²) in [6.07, 6.45) is 1.12. The number of hydrogen-bond acceptors (Lipinski definition) is 6. The van der Waals surface area contributed by atoms with Gasteiger partial charge in [-0.3, -0.25) is 4.79 Å². The standard InChI is InChI=1S/C24H30N2O5/c1-3-4-15-30-24(28)19-5-11-22(12-6-19)31-18(2)23(27)25-20-7-9-21(10-8-20)26-13-16-29-17-14-26/h5-12,18H,3-4,13-17H2,1-2H3,(H,25,27)/t18-/m0/s1. The van der Waals surface area contributed by atoms with Crippen molar-refractivity contribution in [1.29, 1.82) is 0 Å². The van der Waals surface area contributed by atoms with Crippen LogP contribution in [-0.2, 0) is 14.3 Å². The summed E-state index contributed by atoms with van der Waals surface area (Å²) in [7, 11) is 0. The lowest BCUT2D eigenvalue weighted by Crippen LogP contribution is -2.36. The molecule has 0 spiro atoms. The Morgan fingerprint density at radius 1 is 1.06 bits per heavy atom. The first-order chi connectivity index (χ1) is 15.1. The molecule has 0 aliphatic carbocycles. The molecule has 2 aromatic carbocycles. The van der Waals surface area contributed by atoms with Gasteiger partial charge in [0, 0.05) is 24.5 Å². The molecule has 0 bridgehead atoms. The molecule has 1 saturated heterocycles. The fourth-order valence-corrected chi connectivity index (χ4v) is 3.14. The smallest absolute Gasteiger partial charge is 0.338 e. The quantitative estimate of drug-likeness (QED) is 0.484. The van der Waals surface area contributed by atoms with Crippen molar-refractivity contribution in [2.45, 2.75) is 32.8 Å². The number of hydrogen-bond donors (Lipinski definition) is 1. The summed E-state index contributed by atoms with van der Waals surface area (Å²) in [6.45, 7) is 7.33. The molecule has 31 heavy (non-hydrogen) atoms. The number of benzene rings is 2. The highest BCUT2D eigenvalue weighted by Gasteiger charge is 2.16. The van der Waals surface area contributed by atoms with E-state index in [1.54, 1.807) is 31.2 Å². The number of morpholine rings is 1. The Balaban J connectivity index is 1.49. The van der Waals surface area contributed by atoms with E-state index in [2.05, 4.69) is 10.2 Å². The van der Waals surface area contributed by atoms with Crippen LogP contribution in [-0.4, -0.2) is 50.9 Å². The summed E-state index contributed by atoms with van der Waals surface area (Å²) in [5, 5.41) is 2.87. The third-order valence-corrected chi connectivity index (χ3v) is 5.01. The number of anilines is 2. The molecular weight excluding hydrogens is 396 g/mol. The highest BCUT2D eigenvalue weighted by atomic mass is 16.5. The molecule has 0 aromatic heterocycles. The summed E-state index contributed by atoms with van der Waals surface area (Å²) in [4.78, 5) is 26.7. The van der Waals surface area contributed by atoms with E-state index >= 15 is 0 Å². The largest absolute Gasteiger partial charge is 0.481 e. The Morgan fingerprint density at radius 3 is 2.39 bits per heavy atom. The van der Waals surface area contributed by atoms with Gasteiger partial charge in [-0.25, -0.2) is 4.79 Å². The zero-order chi connectivity index (χ0) is 22.1. The molecule has 1 aliphatic heterocycles. The summed E-state index contributed by atoms with van der Waals surface area (Å²) >= 11 is 0. The normalized spacial score (nSPS) is 14.6. The van der Waals surface area contributed by atoms with E-state index in [1.165, 1.54) is 0 Å². The molecule has 1 N–H and O–H groups in total. The van der Waals surface area contributed by atoms with E-state index < -0.39 is 6.10 Å². The second-order valence-corrected chi connectivity index (χ2v) is 7.41. The number of unbranched alkanes of at least 4 members (excludes halogenated alkanes) is 1. The van der Waals surface area contributed by atoms with E-state index in [1.807, 2.05) is 31.2 Å². The molecule has 1 aliphatic rings. The fourth-order valence-electron chi connectivity index (χ4n) is 3.14. The number of esters is 1. The Hall–Kier alpha value is -3.06. The first-order valence-corrected chi connectivity index (χ1v) is 10.7. The van der Waals surface area contributed by atoms with Crippen LogP contribution in [0.4, 0.5) is 11.4 Å². The minimum atomic E-state index is -0.693. The summed E-state index contributed by atoms with van der Waals surface area (Å²) in [5.41, 5.74) is 2.28. The fraction of sp³-hybridized carbons (Fsp3) is 0.417. The number of ether oxygens (including phenoxy) is 3. The van der Waals surface area contributed by atoms with Crippen molar-refractivity contribution in [1.82, 2.24) is 0 Å². The Bertz CT molecular complexity index is 845. The minimum Gasteiger partial charge on any atom is -0.481 e. The summed E-state index contributed by atoms with van der Waals surface area (Å²) < 4.78 is 16.3. The van der Waals surface area contributed by atoms with Crippen molar-refractivity contribution in [3.8, 4) is 5.75 Å². The van der Waals surface area contributed by atoms with Crippen molar-refractivity contribution in [2.75, 3.05) is 43.1 Å². The number of carbonyl (C=O) groups is 2. The van der Waals surface area contributed by atoms with Gasteiger partial charge in [0.1, 0.15) is 5.75 Å². The van der Waals surface area contributed by atoms with Crippen LogP contribution in [0.1, 0.15) is 37.0 Å². The Labute approximate surface area is 183 Å². The second-order valence-electron chi connectivity index (χ2n) is 7.41. The van der Waals surface area contributed by atoms with Crippen molar-refractivity contribution < 1.29 is 23.8 Å². The Kier molecular flexibility index (Phi) is 8.29. The third-order valence-electron chi connectivity index (χ3n) is 5.01. The van der Waals surface area contributed by atoms with Crippen LogP contribution in [0.2, 0.25) is 0 Å². The third kappa shape index (κ3) is 6.72. The van der Waals surface area contributed by atoms with Crippen LogP contribution in [0.25, 0.3) is 0 Å². The maximum Gasteiger partial charge on any atom is 0.338 e. The average molecular weight is 427 g/mol. The molecule has 1 amide bonds. The van der Waals surface area contributed by atoms with Gasteiger partial charge in [0.2, 0.25) is 0 Å². The number of amides is 1. The zero-order valence-corrected chi connectivity index (χ0v) is 18.1. The highest BCUT2D eigenvalue weighted by molar-refractivity contribution is 5.94. The highest BCUT2D eigenvalue weighted by Crippen LogP contribution is 2.20. The molecule has 7 heteroatoms. The molecule has 166 valence electrons. The summed E-state index contributed by atoms with van der Waals surface area (Å²) in [6, 6.07) is 14.4. The maximum atomic E-state index is 12.5. The van der Waals surface area contributed by atoms with Crippen molar-refractivity contribution in [3.05, 3.63) is 54.1 Å². The van der Waals surface area contributed by atoms with Gasteiger partial charge in [-0.1, -0.05) is 13.3 Å². The van der Waals surface area contributed by atoms with E-state index in [-0.39, 0.29) is 11.9 Å².